The summed E-state index contributed by atoms with van der Waals surface area (Å²) in [7, 11) is 0. The topological polar surface area (TPSA) is 35.5 Å². The Labute approximate surface area is 103 Å². The van der Waals surface area contributed by atoms with Gasteiger partial charge in [-0.15, -0.1) is 0 Å². The predicted octanol–water partition coefficient (Wildman–Crippen LogP) is 3.09. The van der Waals surface area contributed by atoms with Gasteiger partial charge in [0.1, 0.15) is 5.60 Å². The molecule has 3 nitrogen and oxygen atoms in total. The van der Waals surface area contributed by atoms with E-state index in [4.69, 9.17) is 9.78 Å². The van der Waals surface area contributed by atoms with Gasteiger partial charge in [0.05, 0.1) is 5.92 Å². The van der Waals surface area contributed by atoms with Gasteiger partial charge < -0.3 is 0 Å². The fraction of sp³-hybridized carbons (Fsp3) is 0.929. The lowest BCUT2D eigenvalue weighted by molar-refractivity contribution is -0.362. The summed E-state index contributed by atoms with van der Waals surface area (Å²) in [6.45, 7) is 3.68. The maximum absolute atomic E-state index is 11.5. The normalized spacial score (nSPS) is 43.1. The van der Waals surface area contributed by atoms with Crippen LogP contribution in [0.15, 0.2) is 0 Å². The highest BCUT2D eigenvalue weighted by molar-refractivity contribution is 5.70. The summed E-state index contributed by atoms with van der Waals surface area (Å²) in [4.78, 5) is 22.2. The monoisotopic (exact) mass is 238 g/mol. The minimum Gasteiger partial charge on any atom is -0.298 e. The first-order valence-corrected chi connectivity index (χ1v) is 6.96. The minimum absolute atomic E-state index is 0.107. The van der Waals surface area contributed by atoms with Gasteiger partial charge in [-0.1, -0.05) is 13.8 Å². The Morgan fingerprint density at radius 2 is 1.53 bits per heavy atom. The summed E-state index contributed by atoms with van der Waals surface area (Å²) in [6, 6.07) is 0. The standard InChI is InChI=1S/C14H22O3/c1-9(2)13(15)16-17-14-6-10-3-11(7-14)5-12(4-10)8-14/h9-12H,3-8H2,1-2H3. The molecule has 17 heavy (non-hydrogen) atoms. The van der Waals surface area contributed by atoms with Crippen LogP contribution in [0.5, 0.6) is 0 Å². The van der Waals surface area contributed by atoms with Crippen molar-refractivity contribution < 1.29 is 14.6 Å². The first-order chi connectivity index (χ1) is 8.06. The molecule has 0 N–H and O–H groups in total. The molecule has 0 atom stereocenters. The van der Waals surface area contributed by atoms with Gasteiger partial charge in [-0.05, 0) is 56.3 Å². The van der Waals surface area contributed by atoms with Crippen molar-refractivity contribution in [2.45, 2.75) is 58.0 Å². The molecular formula is C14H22O3. The van der Waals surface area contributed by atoms with E-state index in [1.54, 1.807) is 0 Å². The van der Waals surface area contributed by atoms with Gasteiger partial charge in [0.2, 0.25) is 0 Å². The van der Waals surface area contributed by atoms with Gasteiger partial charge >= 0.3 is 5.97 Å². The molecule has 0 aromatic rings. The summed E-state index contributed by atoms with van der Waals surface area (Å²) in [5.74, 6) is 2.11. The van der Waals surface area contributed by atoms with Gasteiger partial charge in [0.15, 0.2) is 0 Å². The summed E-state index contributed by atoms with van der Waals surface area (Å²) in [6.07, 6.45) is 7.43. The first kappa shape index (κ1) is 11.5. The van der Waals surface area contributed by atoms with Crippen LogP contribution in [-0.2, 0) is 14.6 Å². The lowest BCUT2D eigenvalue weighted by Crippen LogP contribution is -2.52. The number of carbonyl (C=O) groups is 1. The fourth-order valence-electron chi connectivity index (χ4n) is 4.36. The number of hydrogen-bond donors (Lipinski definition) is 0. The molecule has 4 aliphatic rings. The predicted molar refractivity (Wildman–Crippen MR) is 62.9 cm³/mol. The molecule has 0 amide bonds. The molecule has 0 spiro atoms. The Hall–Kier alpha value is -0.570. The lowest BCUT2D eigenvalue weighted by atomic mass is 9.54. The first-order valence-electron chi connectivity index (χ1n) is 6.96. The van der Waals surface area contributed by atoms with E-state index in [-0.39, 0.29) is 17.5 Å². The van der Waals surface area contributed by atoms with Crippen molar-refractivity contribution in [1.82, 2.24) is 0 Å². The molecular weight excluding hydrogens is 216 g/mol. The van der Waals surface area contributed by atoms with E-state index >= 15 is 0 Å². The fourth-order valence-corrected chi connectivity index (χ4v) is 4.36. The Morgan fingerprint density at radius 1 is 1.06 bits per heavy atom. The molecule has 3 heteroatoms. The molecule has 4 fully saturated rings. The Morgan fingerprint density at radius 3 is 1.94 bits per heavy atom. The van der Waals surface area contributed by atoms with E-state index in [9.17, 15) is 4.79 Å². The van der Waals surface area contributed by atoms with E-state index in [1.165, 1.54) is 19.3 Å². The van der Waals surface area contributed by atoms with Crippen LogP contribution in [-0.4, -0.2) is 11.6 Å². The van der Waals surface area contributed by atoms with Gasteiger partial charge in [0.25, 0.3) is 0 Å². The van der Waals surface area contributed by atoms with Crippen LogP contribution in [0.1, 0.15) is 52.4 Å². The smallest absolute Gasteiger partial charge is 0.298 e. The molecule has 4 rings (SSSR count). The van der Waals surface area contributed by atoms with Crippen LogP contribution in [0.3, 0.4) is 0 Å². The van der Waals surface area contributed by atoms with Crippen molar-refractivity contribution in [1.29, 1.82) is 0 Å². The van der Waals surface area contributed by atoms with Crippen molar-refractivity contribution in [3.8, 4) is 0 Å². The van der Waals surface area contributed by atoms with Crippen molar-refractivity contribution in [2.75, 3.05) is 0 Å². The zero-order chi connectivity index (χ0) is 12.0. The van der Waals surface area contributed by atoms with Crippen molar-refractivity contribution in [3.63, 3.8) is 0 Å². The Balaban J connectivity index is 1.64. The second-order valence-electron chi connectivity index (χ2n) is 6.74. The molecule has 0 aromatic carbocycles. The molecule has 0 aliphatic heterocycles. The van der Waals surface area contributed by atoms with Crippen LogP contribution >= 0.6 is 0 Å². The Kier molecular flexibility index (Phi) is 2.69. The van der Waals surface area contributed by atoms with E-state index < -0.39 is 0 Å². The van der Waals surface area contributed by atoms with Crippen molar-refractivity contribution in [2.24, 2.45) is 23.7 Å². The van der Waals surface area contributed by atoms with Crippen LogP contribution in [0, 0.1) is 23.7 Å². The molecule has 4 bridgehead atoms. The third-order valence-electron chi connectivity index (χ3n) is 4.75. The third kappa shape index (κ3) is 2.10. The third-order valence-corrected chi connectivity index (χ3v) is 4.75. The largest absolute Gasteiger partial charge is 0.344 e. The second kappa shape index (κ2) is 3.98. The molecule has 96 valence electrons. The van der Waals surface area contributed by atoms with E-state index in [1.807, 2.05) is 13.8 Å². The molecule has 0 heterocycles. The summed E-state index contributed by atoms with van der Waals surface area (Å²) < 4.78 is 0. The van der Waals surface area contributed by atoms with Crippen LogP contribution in [0.2, 0.25) is 0 Å². The quantitative estimate of drug-likeness (QED) is 0.560. The maximum atomic E-state index is 11.5. The molecule has 0 saturated heterocycles. The average molecular weight is 238 g/mol. The van der Waals surface area contributed by atoms with Crippen LogP contribution < -0.4 is 0 Å². The zero-order valence-corrected chi connectivity index (χ0v) is 10.8. The number of hydrogen-bond acceptors (Lipinski definition) is 3. The van der Waals surface area contributed by atoms with Crippen LogP contribution in [0.25, 0.3) is 0 Å². The summed E-state index contributed by atoms with van der Waals surface area (Å²) >= 11 is 0. The molecule has 0 radical (unpaired) electrons. The highest BCUT2D eigenvalue weighted by Gasteiger charge is 2.53. The van der Waals surface area contributed by atoms with Gasteiger partial charge in [-0.25, -0.2) is 4.79 Å². The second-order valence-corrected chi connectivity index (χ2v) is 6.74. The molecule has 4 saturated carbocycles. The van der Waals surface area contributed by atoms with Crippen molar-refractivity contribution in [3.05, 3.63) is 0 Å². The highest BCUT2D eigenvalue weighted by Crippen LogP contribution is 2.57. The van der Waals surface area contributed by atoms with E-state index in [0.29, 0.717) is 0 Å². The van der Waals surface area contributed by atoms with E-state index in [0.717, 1.165) is 37.0 Å². The van der Waals surface area contributed by atoms with Gasteiger partial charge in [-0.3, -0.25) is 4.89 Å². The minimum atomic E-state index is -0.235. The lowest BCUT2D eigenvalue weighted by Gasteiger charge is -2.54. The molecule has 0 aromatic heterocycles. The van der Waals surface area contributed by atoms with Gasteiger partial charge in [0, 0.05) is 0 Å². The zero-order valence-electron chi connectivity index (χ0n) is 10.8. The summed E-state index contributed by atoms with van der Waals surface area (Å²) in [5.41, 5.74) is -0.126. The average Bonchev–Trinajstić information content (AvgIpc) is 2.24. The van der Waals surface area contributed by atoms with Crippen molar-refractivity contribution >= 4 is 5.97 Å². The Bertz CT molecular complexity index is 286. The molecule has 4 aliphatic carbocycles. The van der Waals surface area contributed by atoms with Crippen LogP contribution in [0.4, 0.5) is 0 Å². The highest BCUT2D eigenvalue weighted by atomic mass is 17.2. The maximum Gasteiger partial charge on any atom is 0.344 e. The SMILES string of the molecule is CC(C)C(=O)OOC12CC3CC(CC(C3)C1)C2. The molecule has 0 unspecified atom stereocenters. The summed E-state index contributed by atoms with van der Waals surface area (Å²) in [5, 5.41) is 0. The number of rotatable bonds is 3. The van der Waals surface area contributed by atoms with Gasteiger partial charge in [-0.2, -0.15) is 4.89 Å². The number of carbonyl (C=O) groups excluding carboxylic acids is 1. The van der Waals surface area contributed by atoms with E-state index in [2.05, 4.69) is 0 Å².